The van der Waals surface area contributed by atoms with Crippen molar-refractivity contribution < 1.29 is 9.53 Å². The van der Waals surface area contributed by atoms with Crippen LogP contribution in [0.25, 0.3) is 23.1 Å². The van der Waals surface area contributed by atoms with Crippen molar-refractivity contribution in [2.75, 3.05) is 18.5 Å². The van der Waals surface area contributed by atoms with Crippen molar-refractivity contribution in [3.8, 4) is 0 Å². The molecule has 0 bridgehead atoms. The van der Waals surface area contributed by atoms with E-state index in [2.05, 4.69) is 25.8 Å². The Morgan fingerprint density at radius 3 is 2.88 bits per heavy atom. The van der Waals surface area contributed by atoms with Crippen molar-refractivity contribution in [2.45, 2.75) is 18.9 Å². The van der Waals surface area contributed by atoms with Gasteiger partial charge in [-0.25, -0.2) is 0 Å². The summed E-state index contributed by atoms with van der Waals surface area (Å²) in [5.74, 6) is -0.113. The van der Waals surface area contributed by atoms with Gasteiger partial charge in [-0.1, -0.05) is 18.2 Å². The summed E-state index contributed by atoms with van der Waals surface area (Å²) >= 11 is 0. The van der Waals surface area contributed by atoms with Crippen LogP contribution in [0.2, 0.25) is 0 Å². The Bertz CT molecular complexity index is 1280. The van der Waals surface area contributed by atoms with E-state index in [1.54, 1.807) is 6.20 Å². The number of H-pyrrole nitrogens is 1. The predicted octanol–water partition coefficient (Wildman–Crippen LogP) is 4.78. The average molecular weight is 440 g/mol. The number of aromatic nitrogens is 3. The maximum atomic E-state index is 12.8. The van der Waals surface area contributed by atoms with Gasteiger partial charge in [0.15, 0.2) is 0 Å². The molecule has 5 rings (SSSR count). The third-order valence-corrected chi connectivity index (χ3v) is 5.66. The lowest BCUT2D eigenvalue weighted by Gasteiger charge is -2.14. The molecule has 33 heavy (non-hydrogen) atoms. The van der Waals surface area contributed by atoms with Gasteiger partial charge in [0.05, 0.1) is 34.3 Å². The smallest absolute Gasteiger partial charge is 0.253 e. The van der Waals surface area contributed by atoms with Crippen LogP contribution in [0.3, 0.4) is 0 Å². The first-order valence-electron chi connectivity index (χ1n) is 11.1. The number of rotatable bonds is 7. The molecule has 3 N–H and O–H groups in total. The van der Waals surface area contributed by atoms with E-state index in [1.807, 2.05) is 72.8 Å². The number of pyridine rings is 1. The molecule has 2 aromatic carbocycles. The molecule has 1 atom stereocenters. The van der Waals surface area contributed by atoms with Gasteiger partial charge in [-0.05, 0) is 67.5 Å². The number of carbonyl (C=O) groups excluding carboxylic acids is 1. The van der Waals surface area contributed by atoms with E-state index in [9.17, 15) is 4.79 Å². The Hall–Kier alpha value is -3.97. The quantitative estimate of drug-likeness (QED) is 0.385. The normalized spacial score (nSPS) is 15.8. The van der Waals surface area contributed by atoms with Gasteiger partial charge < -0.3 is 15.4 Å². The van der Waals surface area contributed by atoms with Gasteiger partial charge in [-0.15, -0.1) is 0 Å². The summed E-state index contributed by atoms with van der Waals surface area (Å²) in [5.41, 5.74) is 4.83. The zero-order valence-corrected chi connectivity index (χ0v) is 18.1. The molecule has 7 nitrogen and oxygen atoms in total. The number of fused-ring (bicyclic) bond motifs is 1. The number of carbonyl (C=O) groups is 1. The highest BCUT2D eigenvalue weighted by atomic mass is 16.5. The molecule has 4 aromatic rings. The van der Waals surface area contributed by atoms with E-state index in [4.69, 9.17) is 4.74 Å². The van der Waals surface area contributed by atoms with E-state index in [1.165, 1.54) is 0 Å². The first-order chi connectivity index (χ1) is 16.3. The van der Waals surface area contributed by atoms with Crippen molar-refractivity contribution in [3.05, 3.63) is 83.8 Å². The standard InChI is InChI=1S/C26H25N5O2/c32-26(28-17-20-7-5-15-33-20)22-8-1-2-9-23(22)29-19-10-12-21-24(30-31-25(21)16-19)13-11-18-6-3-4-14-27-18/h1-4,6,8-14,16,20,29H,5,7,15,17H2,(H,28,32)(H,30,31)/b13-11+. The van der Waals surface area contributed by atoms with Crippen molar-refractivity contribution in [2.24, 2.45) is 0 Å². The zero-order valence-electron chi connectivity index (χ0n) is 18.1. The minimum absolute atomic E-state index is 0.109. The Kier molecular flexibility index (Phi) is 6.12. The monoisotopic (exact) mass is 439 g/mol. The van der Waals surface area contributed by atoms with Gasteiger partial charge in [-0.2, -0.15) is 5.10 Å². The molecule has 1 fully saturated rings. The molecular formula is C26H25N5O2. The summed E-state index contributed by atoms with van der Waals surface area (Å²) in [6.07, 6.45) is 7.80. The highest BCUT2D eigenvalue weighted by molar-refractivity contribution is 6.00. The molecule has 0 spiro atoms. The van der Waals surface area contributed by atoms with Gasteiger partial charge in [0.2, 0.25) is 0 Å². The topological polar surface area (TPSA) is 91.9 Å². The van der Waals surface area contributed by atoms with Crippen LogP contribution in [-0.2, 0) is 4.74 Å². The average Bonchev–Trinajstić information content (AvgIpc) is 3.52. The maximum Gasteiger partial charge on any atom is 0.253 e. The predicted molar refractivity (Wildman–Crippen MR) is 130 cm³/mol. The van der Waals surface area contributed by atoms with Gasteiger partial charge in [-0.3, -0.25) is 14.9 Å². The Morgan fingerprint density at radius 2 is 2.03 bits per heavy atom. The Balaban J connectivity index is 1.31. The van der Waals surface area contributed by atoms with E-state index >= 15 is 0 Å². The lowest BCUT2D eigenvalue weighted by molar-refractivity contribution is 0.0858. The van der Waals surface area contributed by atoms with Crippen LogP contribution in [0.15, 0.2) is 66.9 Å². The molecule has 1 amide bonds. The number of benzene rings is 2. The summed E-state index contributed by atoms with van der Waals surface area (Å²) in [7, 11) is 0. The number of nitrogens with one attached hydrogen (secondary N) is 3. The first-order valence-corrected chi connectivity index (χ1v) is 11.1. The van der Waals surface area contributed by atoms with Crippen LogP contribution in [0.4, 0.5) is 11.4 Å². The molecular weight excluding hydrogens is 414 g/mol. The van der Waals surface area contributed by atoms with E-state index in [-0.39, 0.29) is 12.0 Å². The number of hydrogen-bond donors (Lipinski definition) is 3. The largest absolute Gasteiger partial charge is 0.376 e. The summed E-state index contributed by atoms with van der Waals surface area (Å²) in [6.45, 7) is 1.30. The summed E-state index contributed by atoms with van der Waals surface area (Å²) in [5, 5.41) is 14.9. The van der Waals surface area contributed by atoms with Crippen LogP contribution in [0.5, 0.6) is 0 Å². The van der Waals surface area contributed by atoms with E-state index in [0.717, 1.165) is 53.1 Å². The van der Waals surface area contributed by atoms with Crippen LogP contribution in [-0.4, -0.2) is 40.3 Å². The fourth-order valence-corrected chi connectivity index (χ4v) is 3.94. The number of nitrogens with zero attached hydrogens (tertiary/aromatic N) is 2. The molecule has 3 heterocycles. The third kappa shape index (κ3) is 4.94. The second kappa shape index (κ2) is 9.67. The number of hydrogen-bond acceptors (Lipinski definition) is 5. The maximum absolute atomic E-state index is 12.8. The molecule has 7 heteroatoms. The first kappa shape index (κ1) is 20.9. The van der Waals surface area contributed by atoms with Gasteiger partial charge in [0.1, 0.15) is 0 Å². The van der Waals surface area contributed by atoms with E-state index in [0.29, 0.717) is 12.1 Å². The molecule has 166 valence electrons. The number of ether oxygens (including phenoxy) is 1. The summed E-state index contributed by atoms with van der Waals surface area (Å²) in [6, 6.07) is 19.3. The molecule has 0 aliphatic carbocycles. The fraction of sp³-hybridized carbons (Fsp3) is 0.192. The summed E-state index contributed by atoms with van der Waals surface area (Å²) < 4.78 is 5.60. The van der Waals surface area contributed by atoms with Crippen molar-refractivity contribution in [1.82, 2.24) is 20.5 Å². The van der Waals surface area contributed by atoms with Crippen molar-refractivity contribution in [1.29, 1.82) is 0 Å². The second-order valence-electron chi connectivity index (χ2n) is 7.97. The van der Waals surface area contributed by atoms with Crippen LogP contribution < -0.4 is 10.6 Å². The van der Waals surface area contributed by atoms with Gasteiger partial charge in [0, 0.05) is 30.4 Å². The Labute approximate surface area is 191 Å². The van der Waals surface area contributed by atoms with Crippen molar-refractivity contribution in [3.63, 3.8) is 0 Å². The highest BCUT2D eigenvalue weighted by Gasteiger charge is 2.18. The molecule has 1 aliphatic rings. The molecule has 2 aromatic heterocycles. The lowest BCUT2D eigenvalue weighted by atomic mass is 10.1. The third-order valence-electron chi connectivity index (χ3n) is 5.66. The van der Waals surface area contributed by atoms with E-state index < -0.39 is 0 Å². The minimum atomic E-state index is -0.113. The Morgan fingerprint density at radius 1 is 1.12 bits per heavy atom. The van der Waals surface area contributed by atoms with Crippen LogP contribution in [0.1, 0.15) is 34.6 Å². The minimum Gasteiger partial charge on any atom is -0.376 e. The zero-order chi connectivity index (χ0) is 22.5. The number of amides is 1. The molecule has 1 aliphatic heterocycles. The number of anilines is 2. The SMILES string of the molecule is O=C(NCC1CCCO1)c1ccccc1Nc1ccc2c(/C=C/c3ccccn3)n[nH]c2c1. The van der Waals surface area contributed by atoms with Gasteiger partial charge in [0.25, 0.3) is 5.91 Å². The summed E-state index contributed by atoms with van der Waals surface area (Å²) in [4.78, 5) is 17.1. The van der Waals surface area contributed by atoms with Crippen LogP contribution >= 0.6 is 0 Å². The van der Waals surface area contributed by atoms with Crippen molar-refractivity contribution >= 4 is 40.3 Å². The number of aromatic amines is 1. The molecule has 1 saturated heterocycles. The molecule has 1 unspecified atom stereocenters. The number of para-hydroxylation sites is 1. The molecule has 0 radical (unpaired) electrons. The highest BCUT2D eigenvalue weighted by Crippen LogP contribution is 2.26. The second-order valence-corrected chi connectivity index (χ2v) is 7.97. The fourth-order valence-electron chi connectivity index (χ4n) is 3.94. The molecule has 0 saturated carbocycles. The van der Waals surface area contributed by atoms with Gasteiger partial charge >= 0.3 is 0 Å². The van der Waals surface area contributed by atoms with Crippen LogP contribution in [0, 0.1) is 0 Å². The lowest BCUT2D eigenvalue weighted by Crippen LogP contribution is -2.32.